The van der Waals surface area contributed by atoms with Gasteiger partial charge in [-0.1, -0.05) is 13.8 Å². The van der Waals surface area contributed by atoms with E-state index in [1.165, 1.54) is 0 Å². The van der Waals surface area contributed by atoms with Crippen LogP contribution in [0.3, 0.4) is 0 Å². The van der Waals surface area contributed by atoms with Crippen LogP contribution in [0, 0.1) is 0 Å². The molecule has 0 unspecified atom stereocenters. The lowest BCUT2D eigenvalue weighted by Crippen LogP contribution is -2.56. The molecule has 2 aliphatic rings. The minimum absolute atomic E-state index is 0.419. The van der Waals surface area contributed by atoms with Crippen molar-refractivity contribution in [3.63, 3.8) is 0 Å². The normalized spacial score (nSPS) is 25.8. The molecule has 1 saturated heterocycles. The number of aliphatic carboxylic acids is 1. The van der Waals surface area contributed by atoms with Crippen LogP contribution in [0.5, 0.6) is 0 Å². The van der Waals surface area contributed by atoms with Gasteiger partial charge in [0, 0.05) is 12.8 Å². The Kier molecular flexibility index (Phi) is 4.91. The summed E-state index contributed by atoms with van der Waals surface area (Å²) in [5.74, 6) is -1.47. The zero-order chi connectivity index (χ0) is 12.9. The molecule has 0 aromatic carbocycles. The van der Waals surface area contributed by atoms with Crippen molar-refractivity contribution in [2.45, 2.75) is 57.3 Å². The number of carboxylic acids is 1. The van der Waals surface area contributed by atoms with Gasteiger partial charge in [0.05, 0.1) is 13.2 Å². The highest BCUT2D eigenvalue weighted by atomic mass is 16.7. The zero-order valence-corrected chi connectivity index (χ0v) is 10.7. The third-order valence-electron chi connectivity index (χ3n) is 3.35. The van der Waals surface area contributed by atoms with Gasteiger partial charge in [-0.25, -0.2) is 0 Å². The molecule has 1 saturated carbocycles. The summed E-state index contributed by atoms with van der Waals surface area (Å²) in [6, 6.07) is 0. The highest BCUT2D eigenvalue weighted by Crippen LogP contribution is 2.38. The topological polar surface area (TPSA) is 81.8 Å². The number of ether oxygens (including phenoxy) is 2. The Hall–Kier alpha value is -0.650. The molecular formula is C12H23NO4. The van der Waals surface area contributed by atoms with E-state index in [-0.39, 0.29) is 0 Å². The number of carboxylic acid groups (broad SMARTS) is 1. The zero-order valence-electron chi connectivity index (χ0n) is 10.7. The van der Waals surface area contributed by atoms with Gasteiger partial charge in [-0.3, -0.25) is 4.79 Å². The van der Waals surface area contributed by atoms with Crippen molar-refractivity contribution < 1.29 is 19.4 Å². The number of hydrogen-bond acceptors (Lipinski definition) is 4. The van der Waals surface area contributed by atoms with Gasteiger partial charge in [0.25, 0.3) is 0 Å². The Balaban J connectivity index is 0.000000686. The van der Waals surface area contributed by atoms with Crippen LogP contribution in [0.2, 0.25) is 0 Å². The predicted molar refractivity (Wildman–Crippen MR) is 63.6 cm³/mol. The maximum absolute atomic E-state index is 10.9. The fourth-order valence-electron chi connectivity index (χ4n) is 2.20. The lowest BCUT2D eigenvalue weighted by atomic mass is 9.79. The van der Waals surface area contributed by atoms with Gasteiger partial charge in [0.15, 0.2) is 5.79 Å². The quantitative estimate of drug-likeness (QED) is 0.731. The number of carbonyl (C=O) groups is 1. The van der Waals surface area contributed by atoms with E-state index in [1.807, 2.05) is 13.8 Å². The fourth-order valence-corrected chi connectivity index (χ4v) is 2.20. The van der Waals surface area contributed by atoms with Crippen LogP contribution in [0.1, 0.15) is 46.0 Å². The highest BCUT2D eigenvalue weighted by molar-refractivity contribution is 5.78. The summed E-state index contributed by atoms with van der Waals surface area (Å²) in [5.41, 5.74) is 4.69. The van der Waals surface area contributed by atoms with Gasteiger partial charge in [-0.05, 0) is 19.3 Å². The SMILES string of the molecule is CC.NC1(C(=O)O)CCC2(CC1)OCCCO2. The summed E-state index contributed by atoms with van der Waals surface area (Å²) in [7, 11) is 0. The molecule has 0 aromatic rings. The van der Waals surface area contributed by atoms with Gasteiger partial charge >= 0.3 is 5.97 Å². The van der Waals surface area contributed by atoms with Crippen molar-refractivity contribution in [3.05, 3.63) is 0 Å². The Morgan fingerprint density at radius 1 is 1.12 bits per heavy atom. The maximum atomic E-state index is 10.9. The van der Waals surface area contributed by atoms with E-state index in [0.717, 1.165) is 6.42 Å². The molecule has 2 fully saturated rings. The molecule has 5 nitrogen and oxygen atoms in total. The Bertz CT molecular complexity index is 251. The van der Waals surface area contributed by atoms with E-state index < -0.39 is 17.3 Å². The van der Waals surface area contributed by atoms with E-state index in [4.69, 9.17) is 20.3 Å². The lowest BCUT2D eigenvalue weighted by Gasteiger charge is -2.44. The molecule has 100 valence electrons. The first-order valence-corrected chi connectivity index (χ1v) is 6.37. The summed E-state index contributed by atoms with van der Waals surface area (Å²) in [6.07, 6.45) is 2.91. The predicted octanol–water partition coefficient (Wildman–Crippen LogP) is 1.50. The van der Waals surface area contributed by atoms with Crippen LogP contribution in [0.4, 0.5) is 0 Å². The van der Waals surface area contributed by atoms with Crippen molar-refractivity contribution >= 4 is 5.97 Å². The molecule has 3 N–H and O–H groups in total. The van der Waals surface area contributed by atoms with Crippen LogP contribution in [-0.4, -0.2) is 35.6 Å². The molecule has 0 radical (unpaired) electrons. The lowest BCUT2D eigenvalue weighted by molar-refractivity contribution is -0.283. The molecule has 1 aliphatic heterocycles. The standard InChI is InChI=1S/C10H17NO4.C2H6/c11-9(8(12)13)2-4-10(5-3-9)14-6-1-7-15-10;1-2/h1-7,11H2,(H,12,13);1-2H3. The maximum Gasteiger partial charge on any atom is 0.323 e. The Morgan fingerprint density at radius 2 is 1.59 bits per heavy atom. The molecule has 17 heavy (non-hydrogen) atoms. The molecular weight excluding hydrogens is 222 g/mol. The van der Waals surface area contributed by atoms with Gasteiger partial charge in [0.1, 0.15) is 5.54 Å². The molecule has 5 heteroatoms. The molecule has 0 aromatic heterocycles. The van der Waals surface area contributed by atoms with E-state index >= 15 is 0 Å². The Morgan fingerprint density at radius 3 is 2.00 bits per heavy atom. The molecule has 0 atom stereocenters. The van der Waals surface area contributed by atoms with Crippen molar-refractivity contribution in [1.82, 2.24) is 0 Å². The number of hydrogen-bond donors (Lipinski definition) is 2. The third kappa shape index (κ3) is 3.18. The van der Waals surface area contributed by atoms with Crippen LogP contribution < -0.4 is 5.73 Å². The summed E-state index contributed by atoms with van der Waals surface area (Å²) in [5, 5.41) is 8.98. The summed E-state index contributed by atoms with van der Waals surface area (Å²) in [4.78, 5) is 10.9. The van der Waals surface area contributed by atoms with Crippen molar-refractivity contribution in [3.8, 4) is 0 Å². The Labute approximate surface area is 102 Å². The third-order valence-corrected chi connectivity index (χ3v) is 3.35. The van der Waals surface area contributed by atoms with E-state index in [0.29, 0.717) is 38.9 Å². The first kappa shape index (κ1) is 14.4. The first-order valence-electron chi connectivity index (χ1n) is 6.37. The largest absolute Gasteiger partial charge is 0.480 e. The second kappa shape index (κ2) is 5.80. The molecule has 0 amide bonds. The molecule has 1 aliphatic carbocycles. The summed E-state index contributed by atoms with van der Waals surface area (Å²) in [6.45, 7) is 5.40. The van der Waals surface area contributed by atoms with Gasteiger partial charge in [-0.15, -0.1) is 0 Å². The van der Waals surface area contributed by atoms with Gasteiger partial charge in [0.2, 0.25) is 0 Å². The van der Waals surface area contributed by atoms with Crippen molar-refractivity contribution in [1.29, 1.82) is 0 Å². The van der Waals surface area contributed by atoms with Crippen LogP contribution >= 0.6 is 0 Å². The summed E-state index contributed by atoms with van der Waals surface area (Å²) >= 11 is 0. The molecule has 2 rings (SSSR count). The van der Waals surface area contributed by atoms with E-state index in [2.05, 4.69) is 0 Å². The average Bonchev–Trinajstić information content (AvgIpc) is 2.37. The smallest absolute Gasteiger partial charge is 0.323 e. The van der Waals surface area contributed by atoms with Crippen molar-refractivity contribution in [2.75, 3.05) is 13.2 Å². The van der Waals surface area contributed by atoms with Crippen LogP contribution in [0.15, 0.2) is 0 Å². The second-order valence-electron chi connectivity index (χ2n) is 4.42. The highest BCUT2D eigenvalue weighted by Gasteiger charge is 2.47. The summed E-state index contributed by atoms with van der Waals surface area (Å²) < 4.78 is 11.2. The molecule has 1 spiro atoms. The molecule has 0 bridgehead atoms. The first-order chi connectivity index (χ1) is 8.06. The van der Waals surface area contributed by atoms with E-state index in [9.17, 15) is 4.79 Å². The number of rotatable bonds is 1. The van der Waals surface area contributed by atoms with Gasteiger partial charge < -0.3 is 20.3 Å². The minimum atomic E-state index is -1.09. The average molecular weight is 245 g/mol. The van der Waals surface area contributed by atoms with Crippen LogP contribution in [-0.2, 0) is 14.3 Å². The second-order valence-corrected chi connectivity index (χ2v) is 4.42. The van der Waals surface area contributed by atoms with Crippen LogP contribution in [0.25, 0.3) is 0 Å². The monoisotopic (exact) mass is 245 g/mol. The molecule has 1 heterocycles. The van der Waals surface area contributed by atoms with Crippen molar-refractivity contribution in [2.24, 2.45) is 5.73 Å². The van der Waals surface area contributed by atoms with E-state index in [1.54, 1.807) is 0 Å². The number of nitrogens with two attached hydrogens (primary N) is 1. The fraction of sp³-hybridized carbons (Fsp3) is 0.917. The minimum Gasteiger partial charge on any atom is -0.480 e. The van der Waals surface area contributed by atoms with Gasteiger partial charge in [-0.2, -0.15) is 0 Å².